The van der Waals surface area contributed by atoms with Crippen LogP contribution in [0, 0.1) is 11.8 Å². The molecule has 2 aromatic carbocycles. The van der Waals surface area contributed by atoms with Crippen molar-refractivity contribution >= 4 is 22.6 Å². The zero-order valence-corrected chi connectivity index (χ0v) is 15.6. The molecule has 0 saturated heterocycles. The molecule has 0 amide bonds. The molecule has 3 heterocycles. The number of fused-ring (bicyclic) bond motifs is 1. The Bertz CT molecular complexity index is 1290. The molecule has 5 aromatic rings. The summed E-state index contributed by atoms with van der Waals surface area (Å²) in [5.74, 6) is 6.49. The molecule has 0 atom stereocenters. The maximum absolute atomic E-state index is 4.29. The molecule has 1 N–H and O–H groups in total. The number of hydrogen-bond acceptors (Lipinski definition) is 4. The van der Waals surface area contributed by atoms with Crippen LogP contribution in [-0.4, -0.2) is 19.6 Å². The Morgan fingerprint density at radius 3 is 2.29 bits per heavy atom. The second kappa shape index (κ2) is 7.10. The van der Waals surface area contributed by atoms with Gasteiger partial charge in [0.15, 0.2) is 0 Å². The predicted octanol–water partition coefficient (Wildman–Crippen LogP) is 5.15. The summed E-state index contributed by atoms with van der Waals surface area (Å²) in [4.78, 5) is 7.41. The summed E-state index contributed by atoms with van der Waals surface area (Å²) in [5, 5.41) is 7.10. The van der Waals surface area contributed by atoms with Crippen LogP contribution >= 0.6 is 11.5 Å². The molecule has 5 heteroatoms. The molecule has 4 nitrogen and oxygen atoms in total. The Morgan fingerprint density at radius 2 is 1.54 bits per heavy atom. The maximum Gasteiger partial charge on any atom is 0.138 e. The number of nitrogens with zero attached hydrogens (tertiary/aromatic N) is 3. The number of H-pyrrole nitrogens is 1. The quantitative estimate of drug-likeness (QED) is 0.432. The van der Waals surface area contributed by atoms with Gasteiger partial charge in [0.1, 0.15) is 11.3 Å². The summed E-state index contributed by atoms with van der Waals surface area (Å²) in [5.41, 5.74) is 7.12. The van der Waals surface area contributed by atoms with Crippen molar-refractivity contribution in [3.63, 3.8) is 0 Å². The summed E-state index contributed by atoms with van der Waals surface area (Å²) in [6.45, 7) is 0. The minimum atomic E-state index is 0.860. The maximum atomic E-state index is 4.29. The zero-order chi connectivity index (χ0) is 18.8. The first-order valence-electron chi connectivity index (χ1n) is 8.79. The lowest BCUT2D eigenvalue weighted by atomic mass is 10.0. The number of nitrogens with one attached hydrogen (secondary N) is 1. The standard InChI is InChI=1S/C23H14N4S/c1-4-17(18-7-9-20(10-8-18)22-15-28-27-26-22)5-2-16(1)3-6-19-11-13-24-23-21(19)12-14-25-23/h1-2,4-5,7-15H,(H,24,25). The van der Waals surface area contributed by atoms with Crippen LogP contribution < -0.4 is 0 Å². The highest BCUT2D eigenvalue weighted by Gasteiger charge is 2.03. The van der Waals surface area contributed by atoms with Gasteiger partial charge < -0.3 is 4.98 Å². The fraction of sp³-hybridized carbons (Fsp3) is 0. The van der Waals surface area contributed by atoms with Crippen molar-refractivity contribution in [3.05, 3.63) is 89.6 Å². The molecule has 28 heavy (non-hydrogen) atoms. The fourth-order valence-corrected chi connectivity index (χ4v) is 3.54. The molecule has 5 rings (SSSR count). The number of aromatic amines is 1. The minimum Gasteiger partial charge on any atom is -0.346 e. The summed E-state index contributed by atoms with van der Waals surface area (Å²) in [7, 11) is 0. The molecule has 0 bridgehead atoms. The summed E-state index contributed by atoms with van der Waals surface area (Å²) in [6, 6.07) is 20.6. The van der Waals surface area contributed by atoms with Gasteiger partial charge in [0.25, 0.3) is 0 Å². The highest BCUT2D eigenvalue weighted by atomic mass is 32.1. The Morgan fingerprint density at radius 1 is 0.786 bits per heavy atom. The van der Waals surface area contributed by atoms with Crippen LogP contribution in [-0.2, 0) is 0 Å². The van der Waals surface area contributed by atoms with Crippen LogP contribution in [0.2, 0.25) is 0 Å². The number of pyridine rings is 1. The van der Waals surface area contributed by atoms with E-state index in [0.29, 0.717) is 0 Å². The van der Waals surface area contributed by atoms with E-state index in [0.717, 1.165) is 44.5 Å². The highest BCUT2D eigenvalue weighted by molar-refractivity contribution is 7.03. The topological polar surface area (TPSA) is 54.5 Å². The van der Waals surface area contributed by atoms with Crippen molar-refractivity contribution < 1.29 is 0 Å². The van der Waals surface area contributed by atoms with E-state index in [1.54, 1.807) is 6.20 Å². The van der Waals surface area contributed by atoms with Crippen molar-refractivity contribution in [1.29, 1.82) is 0 Å². The second-order valence-electron chi connectivity index (χ2n) is 6.29. The highest BCUT2D eigenvalue weighted by Crippen LogP contribution is 2.24. The van der Waals surface area contributed by atoms with E-state index in [4.69, 9.17) is 0 Å². The van der Waals surface area contributed by atoms with Gasteiger partial charge in [-0.3, -0.25) is 0 Å². The third-order valence-corrected chi connectivity index (χ3v) is 5.07. The van der Waals surface area contributed by atoms with Gasteiger partial charge in [-0.05, 0) is 46.9 Å². The van der Waals surface area contributed by atoms with Gasteiger partial charge in [-0.1, -0.05) is 52.7 Å². The van der Waals surface area contributed by atoms with Crippen molar-refractivity contribution in [2.45, 2.75) is 0 Å². The van der Waals surface area contributed by atoms with E-state index in [9.17, 15) is 0 Å². The molecule has 0 aliphatic rings. The van der Waals surface area contributed by atoms with Crippen LogP contribution in [0.5, 0.6) is 0 Å². The van der Waals surface area contributed by atoms with E-state index in [1.807, 2.05) is 23.7 Å². The van der Waals surface area contributed by atoms with Crippen molar-refractivity contribution in [3.8, 4) is 34.2 Å². The Labute approximate surface area is 166 Å². The normalized spacial score (nSPS) is 10.6. The van der Waals surface area contributed by atoms with Crippen LogP contribution in [0.4, 0.5) is 0 Å². The zero-order valence-electron chi connectivity index (χ0n) is 14.8. The summed E-state index contributed by atoms with van der Waals surface area (Å²) >= 11 is 1.36. The number of aromatic nitrogens is 4. The van der Waals surface area contributed by atoms with Gasteiger partial charge in [0.2, 0.25) is 0 Å². The third-order valence-electron chi connectivity index (χ3n) is 4.56. The second-order valence-corrected chi connectivity index (χ2v) is 6.90. The third kappa shape index (κ3) is 3.18. The molecule has 132 valence electrons. The monoisotopic (exact) mass is 378 g/mol. The van der Waals surface area contributed by atoms with E-state index in [1.165, 1.54) is 11.5 Å². The number of hydrogen-bond donors (Lipinski definition) is 1. The first kappa shape index (κ1) is 16.4. The smallest absolute Gasteiger partial charge is 0.138 e. The van der Waals surface area contributed by atoms with Crippen LogP contribution in [0.3, 0.4) is 0 Å². The van der Waals surface area contributed by atoms with Crippen molar-refractivity contribution in [2.75, 3.05) is 0 Å². The van der Waals surface area contributed by atoms with Gasteiger partial charge in [0.05, 0.1) is 0 Å². The fourth-order valence-electron chi connectivity index (χ4n) is 3.08. The van der Waals surface area contributed by atoms with E-state index in [-0.39, 0.29) is 0 Å². The SMILES string of the molecule is C(#Cc1ccnc2[nH]ccc12)c1ccc(-c2ccc(-c3csnn3)cc2)cc1. The lowest BCUT2D eigenvalue weighted by Gasteiger charge is -2.03. The van der Waals surface area contributed by atoms with E-state index < -0.39 is 0 Å². The molecule has 0 spiro atoms. The lowest BCUT2D eigenvalue weighted by molar-refractivity contribution is 1.16. The van der Waals surface area contributed by atoms with Gasteiger partial charge in [-0.2, -0.15) is 0 Å². The minimum absolute atomic E-state index is 0.860. The van der Waals surface area contributed by atoms with Gasteiger partial charge in [-0.15, -0.1) is 5.10 Å². The lowest BCUT2D eigenvalue weighted by Crippen LogP contribution is -1.83. The molecule has 0 saturated carbocycles. The van der Waals surface area contributed by atoms with Gasteiger partial charge in [-0.25, -0.2) is 4.98 Å². The average Bonchev–Trinajstić information content (AvgIpc) is 3.45. The Balaban J connectivity index is 1.38. The van der Waals surface area contributed by atoms with Gasteiger partial charge >= 0.3 is 0 Å². The molecular formula is C23H14N4S. The molecule has 0 unspecified atom stereocenters. The number of rotatable bonds is 2. The van der Waals surface area contributed by atoms with E-state index in [2.05, 4.69) is 79.9 Å². The Kier molecular flexibility index (Phi) is 4.17. The van der Waals surface area contributed by atoms with Crippen LogP contribution in [0.15, 0.2) is 78.4 Å². The molecule has 0 fully saturated rings. The van der Waals surface area contributed by atoms with Gasteiger partial charge in [0, 0.05) is 39.9 Å². The molecule has 3 aromatic heterocycles. The predicted molar refractivity (Wildman–Crippen MR) is 113 cm³/mol. The summed E-state index contributed by atoms with van der Waals surface area (Å²) in [6.07, 6.45) is 3.66. The largest absolute Gasteiger partial charge is 0.346 e. The molecule has 0 radical (unpaired) electrons. The first-order chi connectivity index (χ1) is 13.9. The van der Waals surface area contributed by atoms with Crippen LogP contribution in [0.25, 0.3) is 33.4 Å². The molecular weight excluding hydrogens is 364 g/mol. The van der Waals surface area contributed by atoms with E-state index >= 15 is 0 Å². The average molecular weight is 378 g/mol. The summed E-state index contributed by atoms with van der Waals surface area (Å²) < 4.78 is 3.92. The van der Waals surface area contributed by atoms with Crippen molar-refractivity contribution in [2.24, 2.45) is 0 Å². The number of benzene rings is 2. The Hall–Kier alpha value is -3.75. The molecule has 0 aliphatic heterocycles. The first-order valence-corrected chi connectivity index (χ1v) is 9.62. The molecule has 0 aliphatic carbocycles. The van der Waals surface area contributed by atoms with Crippen molar-refractivity contribution in [1.82, 2.24) is 19.6 Å². The van der Waals surface area contributed by atoms with Crippen LogP contribution in [0.1, 0.15) is 11.1 Å².